The van der Waals surface area contributed by atoms with Crippen LogP contribution in [0.3, 0.4) is 0 Å². The molecule has 0 radical (unpaired) electrons. The molecular weight excluding hydrogens is 208 g/mol. The first kappa shape index (κ1) is 12.4. The zero-order valence-electron chi connectivity index (χ0n) is 11.2. The van der Waals surface area contributed by atoms with Crippen molar-refractivity contribution in [2.45, 2.75) is 39.2 Å². The second-order valence-electron chi connectivity index (χ2n) is 5.39. The molecule has 1 atom stereocenters. The Kier molecular flexibility index (Phi) is 3.72. The maximum atomic E-state index is 5.96. The molecule has 0 heterocycles. The molecule has 1 aromatic rings. The van der Waals surface area contributed by atoms with Gasteiger partial charge in [-0.2, -0.15) is 0 Å². The standard InChI is InChI=1S/C15H24N2/c1-11-7-8-14(12(2)9-11)17(3)15(10-16)13-5-4-6-13/h7-9,13,15H,4-6,10,16H2,1-3H3. The fraction of sp³-hybridized carbons (Fsp3) is 0.600. The molecule has 94 valence electrons. The van der Waals surface area contributed by atoms with Crippen molar-refractivity contribution in [3.05, 3.63) is 29.3 Å². The maximum absolute atomic E-state index is 5.96. The third-order valence-electron chi connectivity index (χ3n) is 4.17. The van der Waals surface area contributed by atoms with Crippen LogP contribution in [-0.2, 0) is 0 Å². The molecule has 2 heteroatoms. The molecule has 1 aromatic carbocycles. The molecule has 1 fully saturated rings. The number of likely N-dealkylation sites (N-methyl/N-ethyl adjacent to an activating group) is 1. The molecule has 0 bridgehead atoms. The lowest BCUT2D eigenvalue weighted by molar-refractivity contribution is 0.259. The van der Waals surface area contributed by atoms with Gasteiger partial charge in [0.2, 0.25) is 0 Å². The van der Waals surface area contributed by atoms with Crippen molar-refractivity contribution in [2.75, 3.05) is 18.5 Å². The van der Waals surface area contributed by atoms with Gasteiger partial charge in [0.25, 0.3) is 0 Å². The summed E-state index contributed by atoms with van der Waals surface area (Å²) >= 11 is 0. The third kappa shape index (κ3) is 2.47. The minimum Gasteiger partial charge on any atom is -0.370 e. The first-order valence-electron chi connectivity index (χ1n) is 6.63. The minimum atomic E-state index is 0.505. The van der Waals surface area contributed by atoms with Gasteiger partial charge in [0.15, 0.2) is 0 Å². The lowest BCUT2D eigenvalue weighted by Crippen LogP contribution is -2.46. The summed E-state index contributed by atoms with van der Waals surface area (Å²) in [5, 5.41) is 0. The maximum Gasteiger partial charge on any atom is 0.0437 e. The summed E-state index contributed by atoms with van der Waals surface area (Å²) in [5.74, 6) is 0.797. The van der Waals surface area contributed by atoms with E-state index >= 15 is 0 Å². The van der Waals surface area contributed by atoms with E-state index in [9.17, 15) is 0 Å². The molecule has 2 N–H and O–H groups in total. The van der Waals surface area contributed by atoms with Crippen LogP contribution in [0, 0.1) is 19.8 Å². The number of benzene rings is 1. The highest BCUT2D eigenvalue weighted by atomic mass is 15.1. The Morgan fingerprint density at radius 1 is 1.35 bits per heavy atom. The molecule has 1 aliphatic rings. The van der Waals surface area contributed by atoms with Gasteiger partial charge in [0.1, 0.15) is 0 Å². The van der Waals surface area contributed by atoms with Crippen molar-refractivity contribution in [1.82, 2.24) is 0 Å². The molecule has 1 saturated carbocycles. The van der Waals surface area contributed by atoms with Crippen molar-refractivity contribution in [1.29, 1.82) is 0 Å². The third-order valence-corrected chi connectivity index (χ3v) is 4.17. The lowest BCUT2D eigenvalue weighted by Gasteiger charge is -2.40. The van der Waals surface area contributed by atoms with E-state index in [4.69, 9.17) is 5.73 Å². The van der Waals surface area contributed by atoms with E-state index in [1.54, 1.807) is 0 Å². The first-order chi connectivity index (χ1) is 8.13. The SMILES string of the molecule is Cc1ccc(N(C)C(CN)C2CCC2)c(C)c1. The van der Waals surface area contributed by atoms with E-state index in [0.29, 0.717) is 6.04 Å². The molecule has 2 rings (SSSR count). The molecule has 0 aliphatic heterocycles. The summed E-state index contributed by atoms with van der Waals surface area (Å²) in [4.78, 5) is 2.39. The molecule has 1 unspecified atom stereocenters. The molecule has 2 nitrogen and oxygen atoms in total. The summed E-state index contributed by atoms with van der Waals surface area (Å²) in [6.45, 7) is 5.09. The monoisotopic (exact) mass is 232 g/mol. The van der Waals surface area contributed by atoms with Crippen LogP contribution in [0.1, 0.15) is 30.4 Å². The van der Waals surface area contributed by atoms with Gasteiger partial charge in [-0.1, -0.05) is 24.1 Å². The number of nitrogens with two attached hydrogens (primary N) is 1. The van der Waals surface area contributed by atoms with Crippen LogP contribution in [0.15, 0.2) is 18.2 Å². The van der Waals surface area contributed by atoms with Crippen molar-refractivity contribution in [3.8, 4) is 0 Å². The fourth-order valence-corrected chi connectivity index (χ4v) is 2.87. The van der Waals surface area contributed by atoms with Gasteiger partial charge in [0.05, 0.1) is 0 Å². The quantitative estimate of drug-likeness (QED) is 0.865. The Bertz CT molecular complexity index is 383. The highest BCUT2D eigenvalue weighted by Crippen LogP contribution is 2.34. The van der Waals surface area contributed by atoms with Gasteiger partial charge in [-0.25, -0.2) is 0 Å². The van der Waals surface area contributed by atoms with E-state index in [-0.39, 0.29) is 0 Å². The summed E-state index contributed by atoms with van der Waals surface area (Å²) in [6.07, 6.45) is 4.07. The van der Waals surface area contributed by atoms with Crippen molar-refractivity contribution < 1.29 is 0 Å². The van der Waals surface area contributed by atoms with E-state index in [1.165, 1.54) is 36.1 Å². The Morgan fingerprint density at radius 2 is 2.06 bits per heavy atom. The normalized spacial score (nSPS) is 17.6. The summed E-state index contributed by atoms with van der Waals surface area (Å²) in [5.41, 5.74) is 9.97. The fourth-order valence-electron chi connectivity index (χ4n) is 2.87. The minimum absolute atomic E-state index is 0.505. The molecule has 0 amide bonds. The van der Waals surface area contributed by atoms with E-state index in [0.717, 1.165) is 12.5 Å². The van der Waals surface area contributed by atoms with Gasteiger partial charge in [-0.3, -0.25) is 0 Å². The highest BCUT2D eigenvalue weighted by Gasteiger charge is 2.29. The van der Waals surface area contributed by atoms with Crippen molar-refractivity contribution in [3.63, 3.8) is 0 Å². The van der Waals surface area contributed by atoms with Gasteiger partial charge in [-0.15, -0.1) is 0 Å². The Morgan fingerprint density at radius 3 is 2.53 bits per heavy atom. The summed E-state index contributed by atoms with van der Waals surface area (Å²) in [7, 11) is 2.19. The summed E-state index contributed by atoms with van der Waals surface area (Å²) < 4.78 is 0. The number of hydrogen-bond donors (Lipinski definition) is 1. The second kappa shape index (κ2) is 5.09. The molecule has 1 aliphatic carbocycles. The number of hydrogen-bond acceptors (Lipinski definition) is 2. The molecule has 0 spiro atoms. The Labute approximate surface area is 105 Å². The molecule has 0 aromatic heterocycles. The second-order valence-corrected chi connectivity index (χ2v) is 5.39. The van der Waals surface area contributed by atoms with Gasteiger partial charge >= 0.3 is 0 Å². The van der Waals surface area contributed by atoms with E-state index in [1.807, 2.05) is 0 Å². The Balaban J connectivity index is 2.19. The zero-order valence-corrected chi connectivity index (χ0v) is 11.2. The lowest BCUT2D eigenvalue weighted by atomic mass is 9.79. The van der Waals surface area contributed by atoms with Crippen LogP contribution >= 0.6 is 0 Å². The van der Waals surface area contributed by atoms with Crippen molar-refractivity contribution >= 4 is 5.69 Å². The molecule has 17 heavy (non-hydrogen) atoms. The average molecular weight is 232 g/mol. The van der Waals surface area contributed by atoms with E-state index in [2.05, 4.69) is 44.0 Å². The predicted octanol–water partition coefficient (Wildman–Crippen LogP) is 2.87. The Hall–Kier alpha value is -1.02. The average Bonchev–Trinajstić information content (AvgIpc) is 2.22. The van der Waals surface area contributed by atoms with Gasteiger partial charge in [0, 0.05) is 25.3 Å². The number of aryl methyl sites for hydroxylation is 2. The topological polar surface area (TPSA) is 29.3 Å². The van der Waals surface area contributed by atoms with Crippen LogP contribution in [0.4, 0.5) is 5.69 Å². The van der Waals surface area contributed by atoms with Gasteiger partial charge in [-0.05, 0) is 44.2 Å². The molecule has 0 saturated heterocycles. The van der Waals surface area contributed by atoms with Crippen LogP contribution in [-0.4, -0.2) is 19.6 Å². The van der Waals surface area contributed by atoms with Crippen LogP contribution in [0.25, 0.3) is 0 Å². The van der Waals surface area contributed by atoms with Gasteiger partial charge < -0.3 is 10.6 Å². The highest BCUT2D eigenvalue weighted by molar-refractivity contribution is 5.54. The van der Waals surface area contributed by atoms with Crippen LogP contribution in [0.2, 0.25) is 0 Å². The smallest absolute Gasteiger partial charge is 0.0437 e. The van der Waals surface area contributed by atoms with Crippen molar-refractivity contribution in [2.24, 2.45) is 11.7 Å². The first-order valence-corrected chi connectivity index (χ1v) is 6.63. The number of rotatable bonds is 4. The molecular formula is C15H24N2. The number of nitrogens with zero attached hydrogens (tertiary/aromatic N) is 1. The predicted molar refractivity (Wildman–Crippen MR) is 74.5 cm³/mol. The zero-order chi connectivity index (χ0) is 12.4. The van der Waals surface area contributed by atoms with Crippen LogP contribution < -0.4 is 10.6 Å². The number of anilines is 1. The summed E-state index contributed by atoms with van der Waals surface area (Å²) in [6, 6.07) is 7.17. The van der Waals surface area contributed by atoms with Crippen LogP contribution in [0.5, 0.6) is 0 Å². The largest absolute Gasteiger partial charge is 0.370 e. The van der Waals surface area contributed by atoms with E-state index < -0.39 is 0 Å².